The van der Waals surface area contributed by atoms with Crippen molar-refractivity contribution in [2.45, 2.75) is 46.6 Å². The molecular formula is C19H37N7O. The molecule has 8 heteroatoms. The van der Waals surface area contributed by atoms with Crippen molar-refractivity contribution in [1.29, 1.82) is 0 Å². The summed E-state index contributed by atoms with van der Waals surface area (Å²) in [5, 5.41) is 15.3. The summed E-state index contributed by atoms with van der Waals surface area (Å²) in [4.78, 5) is 7.19. The SMILES string of the molecule is CCC(CC)CNC(=NCc1nnc(C)n1C)NCCCN1CCOCC1. The fourth-order valence-corrected chi connectivity index (χ4v) is 3.07. The minimum Gasteiger partial charge on any atom is -0.379 e. The predicted molar refractivity (Wildman–Crippen MR) is 109 cm³/mol. The van der Waals surface area contributed by atoms with Gasteiger partial charge in [0.25, 0.3) is 0 Å². The van der Waals surface area contributed by atoms with Crippen molar-refractivity contribution in [3.05, 3.63) is 11.6 Å². The number of rotatable bonds is 10. The molecular weight excluding hydrogens is 342 g/mol. The molecule has 2 N–H and O–H groups in total. The quantitative estimate of drug-likeness (QED) is 0.363. The van der Waals surface area contributed by atoms with Gasteiger partial charge in [-0.2, -0.15) is 0 Å². The topological polar surface area (TPSA) is 79.6 Å². The number of ether oxygens (including phenoxy) is 1. The van der Waals surface area contributed by atoms with E-state index in [1.54, 1.807) is 0 Å². The summed E-state index contributed by atoms with van der Waals surface area (Å²) < 4.78 is 7.39. The Labute approximate surface area is 163 Å². The first-order valence-corrected chi connectivity index (χ1v) is 10.3. The Balaban J connectivity index is 1.83. The summed E-state index contributed by atoms with van der Waals surface area (Å²) in [6, 6.07) is 0. The molecule has 1 aliphatic rings. The van der Waals surface area contributed by atoms with E-state index < -0.39 is 0 Å². The number of aromatic nitrogens is 3. The first kappa shape index (κ1) is 21.6. The number of aryl methyl sites for hydroxylation is 1. The molecule has 154 valence electrons. The second kappa shape index (κ2) is 11.9. The minimum atomic E-state index is 0.527. The summed E-state index contributed by atoms with van der Waals surface area (Å²) in [6.07, 6.45) is 3.45. The maximum Gasteiger partial charge on any atom is 0.191 e. The number of morpholine rings is 1. The number of aliphatic imine (C=N–C) groups is 1. The molecule has 1 saturated heterocycles. The molecule has 0 aliphatic carbocycles. The largest absolute Gasteiger partial charge is 0.379 e. The fraction of sp³-hybridized carbons (Fsp3) is 0.842. The summed E-state index contributed by atoms with van der Waals surface area (Å²) in [7, 11) is 1.98. The zero-order valence-electron chi connectivity index (χ0n) is 17.5. The summed E-state index contributed by atoms with van der Waals surface area (Å²) in [5.41, 5.74) is 0. The molecule has 0 saturated carbocycles. The highest BCUT2D eigenvalue weighted by Gasteiger charge is 2.10. The van der Waals surface area contributed by atoms with E-state index in [4.69, 9.17) is 9.73 Å². The minimum absolute atomic E-state index is 0.527. The fourth-order valence-electron chi connectivity index (χ4n) is 3.07. The Morgan fingerprint density at radius 1 is 1.19 bits per heavy atom. The molecule has 1 aromatic heterocycles. The van der Waals surface area contributed by atoms with Crippen LogP contribution in [-0.2, 0) is 18.3 Å². The van der Waals surface area contributed by atoms with Crippen molar-refractivity contribution in [2.24, 2.45) is 18.0 Å². The van der Waals surface area contributed by atoms with E-state index in [0.717, 1.165) is 70.0 Å². The van der Waals surface area contributed by atoms with Gasteiger partial charge in [0.1, 0.15) is 12.4 Å². The molecule has 1 fully saturated rings. The highest BCUT2D eigenvalue weighted by atomic mass is 16.5. The molecule has 0 unspecified atom stereocenters. The van der Waals surface area contributed by atoms with Crippen LogP contribution in [0.5, 0.6) is 0 Å². The van der Waals surface area contributed by atoms with Crippen molar-refractivity contribution in [1.82, 2.24) is 30.3 Å². The smallest absolute Gasteiger partial charge is 0.191 e. The van der Waals surface area contributed by atoms with Crippen LogP contribution in [0.25, 0.3) is 0 Å². The Kier molecular flexibility index (Phi) is 9.55. The molecule has 2 heterocycles. The van der Waals surface area contributed by atoms with E-state index >= 15 is 0 Å². The Morgan fingerprint density at radius 2 is 1.93 bits per heavy atom. The lowest BCUT2D eigenvalue weighted by Gasteiger charge is -2.26. The van der Waals surface area contributed by atoms with Gasteiger partial charge < -0.3 is 19.9 Å². The second-order valence-electron chi connectivity index (χ2n) is 7.19. The van der Waals surface area contributed by atoms with Crippen molar-refractivity contribution in [3.8, 4) is 0 Å². The Morgan fingerprint density at radius 3 is 2.56 bits per heavy atom. The van der Waals surface area contributed by atoms with Gasteiger partial charge in [0.2, 0.25) is 0 Å². The molecule has 0 radical (unpaired) electrons. The van der Waals surface area contributed by atoms with E-state index in [9.17, 15) is 0 Å². The van der Waals surface area contributed by atoms with Gasteiger partial charge >= 0.3 is 0 Å². The second-order valence-corrected chi connectivity index (χ2v) is 7.19. The molecule has 8 nitrogen and oxygen atoms in total. The number of hydrogen-bond donors (Lipinski definition) is 2. The highest BCUT2D eigenvalue weighted by molar-refractivity contribution is 5.79. The number of nitrogens with zero attached hydrogens (tertiary/aromatic N) is 5. The van der Waals surface area contributed by atoms with Crippen LogP contribution in [0.3, 0.4) is 0 Å². The van der Waals surface area contributed by atoms with Gasteiger partial charge in [0.15, 0.2) is 11.8 Å². The number of hydrogen-bond acceptors (Lipinski definition) is 5. The summed E-state index contributed by atoms with van der Waals surface area (Å²) in [5.74, 6) is 3.32. The van der Waals surface area contributed by atoms with Crippen LogP contribution in [0, 0.1) is 12.8 Å². The molecule has 1 aliphatic heterocycles. The van der Waals surface area contributed by atoms with Crippen LogP contribution in [0.2, 0.25) is 0 Å². The van der Waals surface area contributed by atoms with Crippen molar-refractivity contribution in [2.75, 3.05) is 45.9 Å². The first-order chi connectivity index (χ1) is 13.1. The number of guanidine groups is 1. The third-order valence-corrected chi connectivity index (χ3v) is 5.32. The van der Waals surface area contributed by atoms with Crippen molar-refractivity contribution >= 4 is 5.96 Å². The molecule has 27 heavy (non-hydrogen) atoms. The molecule has 0 atom stereocenters. The van der Waals surface area contributed by atoms with Crippen LogP contribution in [0.15, 0.2) is 4.99 Å². The van der Waals surface area contributed by atoms with Gasteiger partial charge in [-0.05, 0) is 25.8 Å². The maximum atomic E-state index is 5.41. The standard InChI is InChI=1S/C19H37N7O/c1-5-17(6-2)14-21-19(22-15-18-24-23-16(3)25(18)4)20-8-7-9-26-10-12-27-13-11-26/h17H,5-15H2,1-4H3,(H2,20,21,22). The normalized spacial score (nSPS) is 16.1. The average molecular weight is 380 g/mol. The van der Waals surface area contributed by atoms with Gasteiger partial charge in [-0.15, -0.1) is 10.2 Å². The highest BCUT2D eigenvalue weighted by Crippen LogP contribution is 2.05. The number of nitrogens with one attached hydrogen (secondary N) is 2. The van der Waals surface area contributed by atoms with Crippen LogP contribution in [-0.4, -0.2) is 71.6 Å². The lowest BCUT2D eigenvalue weighted by Crippen LogP contribution is -2.42. The Hall–Kier alpha value is -1.67. The van der Waals surface area contributed by atoms with E-state index in [1.807, 2.05) is 18.5 Å². The molecule has 0 bridgehead atoms. The third-order valence-electron chi connectivity index (χ3n) is 5.32. The molecule has 0 aromatic carbocycles. The van der Waals surface area contributed by atoms with Gasteiger partial charge in [-0.25, -0.2) is 4.99 Å². The third kappa shape index (κ3) is 7.46. The van der Waals surface area contributed by atoms with Crippen LogP contribution >= 0.6 is 0 Å². The van der Waals surface area contributed by atoms with Crippen LogP contribution < -0.4 is 10.6 Å². The molecule has 2 rings (SSSR count). The van der Waals surface area contributed by atoms with Gasteiger partial charge in [-0.1, -0.05) is 26.7 Å². The summed E-state index contributed by atoms with van der Waals surface area (Å²) >= 11 is 0. The van der Waals surface area contributed by atoms with Crippen LogP contribution in [0.4, 0.5) is 0 Å². The van der Waals surface area contributed by atoms with Crippen molar-refractivity contribution < 1.29 is 4.74 Å². The van der Waals surface area contributed by atoms with Gasteiger partial charge in [0, 0.05) is 33.2 Å². The molecule has 0 spiro atoms. The van der Waals surface area contributed by atoms with Gasteiger partial charge in [-0.3, -0.25) is 4.90 Å². The lowest BCUT2D eigenvalue weighted by molar-refractivity contribution is 0.0376. The molecule has 0 amide bonds. The zero-order valence-corrected chi connectivity index (χ0v) is 17.5. The van der Waals surface area contributed by atoms with Crippen LogP contribution in [0.1, 0.15) is 44.8 Å². The predicted octanol–water partition coefficient (Wildman–Crippen LogP) is 1.32. The first-order valence-electron chi connectivity index (χ1n) is 10.3. The van der Waals surface area contributed by atoms with E-state index in [0.29, 0.717) is 12.5 Å². The lowest BCUT2D eigenvalue weighted by atomic mass is 10.0. The summed E-state index contributed by atoms with van der Waals surface area (Å²) in [6.45, 7) is 13.7. The maximum absolute atomic E-state index is 5.41. The monoisotopic (exact) mass is 379 g/mol. The average Bonchev–Trinajstić information content (AvgIpc) is 3.02. The van der Waals surface area contributed by atoms with Crippen molar-refractivity contribution in [3.63, 3.8) is 0 Å². The Bertz CT molecular complexity index is 562. The van der Waals surface area contributed by atoms with E-state index in [1.165, 1.54) is 12.8 Å². The molecule has 1 aromatic rings. The van der Waals surface area contributed by atoms with E-state index in [2.05, 4.69) is 39.6 Å². The van der Waals surface area contributed by atoms with E-state index in [-0.39, 0.29) is 0 Å². The van der Waals surface area contributed by atoms with Gasteiger partial charge in [0.05, 0.1) is 13.2 Å². The zero-order chi connectivity index (χ0) is 19.5.